The summed E-state index contributed by atoms with van der Waals surface area (Å²) in [6.07, 6.45) is 0. The van der Waals surface area contributed by atoms with Crippen LogP contribution in [0, 0.1) is 0 Å². The van der Waals surface area contributed by atoms with Gasteiger partial charge in [0.1, 0.15) is 0 Å². The first-order chi connectivity index (χ1) is 10.1. The van der Waals surface area contributed by atoms with Crippen molar-refractivity contribution < 1.29 is 0 Å². The standard InChI is InChI=1S/C16H13ClN2OS/c17-12-5-6-14-10(8-12)7-11(16(20)19-14)9-21-15-4-2-1-3-13(15)18/h1-8H,9,18H2,(H,19,20). The zero-order chi connectivity index (χ0) is 14.8. The molecule has 0 bridgehead atoms. The molecule has 5 heteroatoms. The lowest BCUT2D eigenvalue weighted by molar-refractivity contribution is 1.21. The van der Waals surface area contributed by atoms with E-state index in [0.29, 0.717) is 16.3 Å². The first-order valence-electron chi connectivity index (χ1n) is 6.42. The number of aromatic amines is 1. The molecule has 0 aliphatic rings. The van der Waals surface area contributed by atoms with E-state index in [0.717, 1.165) is 21.5 Å². The molecule has 0 aliphatic heterocycles. The van der Waals surface area contributed by atoms with Crippen LogP contribution >= 0.6 is 23.4 Å². The summed E-state index contributed by atoms with van der Waals surface area (Å²) in [5.74, 6) is 0.562. The van der Waals surface area contributed by atoms with Crippen LogP contribution in [0.25, 0.3) is 10.9 Å². The van der Waals surface area contributed by atoms with E-state index in [1.165, 1.54) is 0 Å². The smallest absolute Gasteiger partial charge is 0.252 e. The van der Waals surface area contributed by atoms with E-state index < -0.39 is 0 Å². The second-order valence-corrected chi connectivity index (χ2v) is 6.14. The number of para-hydroxylation sites is 1. The topological polar surface area (TPSA) is 58.9 Å². The van der Waals surface area contributed by atoms with Gasteiger partial charge in [-0.2, -0.15) is 0 Å². The highest BCUT2D eigenvalue weighted by Gasteiger charge is 2.06. The Morgan fingerprint density at radius 1 is 1.14 bits per heavy atom. The van der Waals surface area contributed by atoms with Gasteiger partial charge in [0.2, 0.25) is 0 Å². The number of aromatic nitrogens is 1. The minimum Gasteiger partial charge on any atom is -0.398 e. The minimum absolute atomic E-state index is 0.0770. The largest absolute Gasteiger partial charge is 0.398 e. The zero-order valence-electron chi connectivity index (χ0n) is 11.1. The van der Waals surface area contributed by atoms with E-state index in [1.807, 2.05) is 42.5 Å². The molecule has 2 aromatic carbocycles. The first kappa shape index (κ1) is 14.0. The third kappa shape index (κ3) is 3.06. The molecule has 0 saturated carbocycles. The maximum atomic E-state index is 12.1. The Morgan fingerprint density at radius 2 is 1.95 bits per heavy atom. The number of hydrogen-bond donors (Lipinski definition) is 2. The molecule has 0 atom stereocenters. The number of anilines is 1. The average Bonchev–Trinajstić information content (AvgIpc) is 2.47. The number of H-pyrrole nitrogens is 1. The summed E-state index contributed by atoms with van der Waals surface area (Å²) in [7, 11) is 0. The Balaban J connectivity index is 1.92. The molecule has 0 spiro atoms. The number of pyridine rings is 1. The predicted octanol–water partition coefficient (Wildman–Crippen LogP) is 4.06. The van der Waals surface area contributed by atoms with Gasteiger partial charge in [-0.3, -0.25) is 4.79 Å². The number of benzene rings is 2. The van der Waals surface area contributed by atoms with Crippen LogP contribution in [-0.4, -0.2) is 4.98 Å². The van der Waals surface area contributed by atoms with Gasteiger partial charge < -0.3 is 10.7 Å². The molecule has 3 aromatic rings. The van der Waals surface area contributed by atoms with Crippen molar-refractivity contribution in [3.63, 3.8) is 0 Å². The molecular weight excluding hydrogens is 304 g/mol. The van der Waals surface area contributed by atoms with Crippen molar-refractivity contribution in [1.82, 2.24) is 4.98 Å². The summed E-state index contributed by atoms with van der Waals surface area (Å²) in [6.45, 7) is 0. The highest BCUT2D eigenvalue weighted by Crippen LogP contribution is 2.27. The highest BCUT2D eigenvalue weighted by molar-refractivity contribution is 7.98. The van der Waals surface area contributed by atoms with E-state index in [1.54, 1.807) is 17.8 Å². The molecular formula is C16H13ClN2OS. The van der Waals surface area contributed by atoms with Gasteiger partial charge in [0.05, 0.1) is 0 Å². The van der Waals surface area contributed by atoms with Crippen molar-refractivity contribution in [2.24, 2.45) is 0 Å². The number of nitrogens with one attached hydrogen (secondary N) is 1. The fraction of sp³-hybridized carbons (Fsp3) is 0.0625. The fourth-order valence-corrected chi connectivity index (χ4v) is 3.21. The van der Waals surface area contributed by atoms with Gasteiger partial charge >= 0.3 is 0 Å². The Labute approximate surface area is 131 Å². The van der Waals surface area contributed by atoms with Gasteiger partial charge in [0.25, 0.3) is 5.56 Å². The number of nitrogens with two attached hydrogens (primary N) is 1. The molecule has 0 fully saturated rings. The minimum atomic E-state index is -0.0770. The lowest BCUT2D eigenvalue weighted by Crippen LogP contribution is -2.11. The Kier molecular flexibility index (Phi) is 3.90. The summed E-state index contributed by atoms with van der Waals surface area (Å²) >= 11 is 7.54. The van der Waals surface area contributed by atoms with Gasteiger partial charge in [-0.25, -0.2) is 0 Å². The number of rotatable bonds is 3. The number of halogens is 1. The number of hydrogen-bond acceptors (Lipinski definition) is 3. The molecule has 0 radical (unpaired) electrons. The molecule has 1 aromatic heterocycles. The van der Waals surface area contributed by atoms with Gasteiger partial charge in [0, 0.05) is 32.4 Å². The SMILES string of the molecule is Nc1ccccc1SCc1cc2cc(Cl)ccc2[nH]c1=O. The molecule has 3 N–H and O–H groups in total. The molecule has 0 saturated heterocycles. The van der Waals surface area contributed by atoms with Gasteiger partial charge in [-0.05, 0) is 41.8 Å². The predicted molar refractivity (Wildman–Crippen MR) is 90.0 cm³/mol. The Morgan fingerprint density at radius 3 is 2.76 bits per heavy atom. The second kappa shape index (κ2) is 5.84. The van der Waals surface area contributed by atoms with Crippen molar-refractivity contribution in [3.8, 4) is 0 Å². The quantitative estimate of drug-likeness (QED) is 0.566. The van der Waals surface area contributed by atoms with E-state index in [4.69, 9.17) is 17.3 Å². The van der Waals surface area contributed by atoms with Crippen LogP contribution in [-0.2, 0) is 5.75 Å². The van der Waals surface area contributed by atoms with Crippen LogP contribution in [0.15, 0.2) is 58.2 Å². The van der Waals surface area contributed by atoms with Crippen LogP contribution in [0.2, 0.25) is 5.02 Å². The van der Waals surface area contributed by atoms with Crippen LogP contribution < -0.4 is 11.3 Å². The third-order valence-corrected chi connectivity index (χ3v) is 4.56. The lowest BCUT2D eigenvalue weighted by atomic mass is 10.2. The molecule has 0 amide bonds. The van der Waals surface area contributed by atoms with Crippen molar-refractivity contribution in [2.45, 2.75) is 10.6 Å². The van der Waals surface area contributed by atoms with Crippen LogP contribution in [0.3, 0.4) is 0 Å². The van der Waals surface area contributed by atoms with Crippen molar-refractivity contribution >= 4 is 40.0 Å². The maximum Gasteiger partial charge on any atom is 0.252 e. The van der Waals surface area contributed by atoms with Gasteiger partial charge in [0.15, 0.2) is 0 Å². The Bertz CT molecular complexity index is 860. The van der Waals surface area contributed by atoms with E-state index >= 15 is 0 Å². The Hall–Kier alpha value is -1.91. The molecule has 106 valence electrons. The molecule has 3 rings (SSSR count). The van der Waals surface area contributed by atoms with Gasteiger partial charge in [-0.15, -0.1) is 11.8 Å². The van der Waals surface area contributed by atoms with Crippen LogP contribution in [0.4, 0.5) is 5.69 Å². The molecule has 21 heavy (non-hydrogen) atoms. The van der Waals surface area contributed by atoms with Gasteiger partial charge in [-0.1, -0.05) is 23.7 Å². The second-order valence-electron chi connectivity index (χ2n) is 4.68. The van der Waals surface area contributed by atoms with Crippen LogP contribution in [0.1, 0.15) is 5.56 Å². The third-order valence-electron chi connectivity index (χ3n) is 3.19. The summed E-state index contributed by atoms with van der Waals surface area (Å²) in [4.78, 5) is 15.9. The summed E-state index contributed by atoms with van der Waals surface area (Å²) in [5, 5.41) is 1.58. The number of nitrogen functional groups attached to an aromatic ring is 1. The fourth-order valence-electron chi connectivity index (χ4n) is 2.10. The normalized spacial score (nSPS) is 10.9. The molecule has 0 aliphatic carbocycles. The van der Waals surface area contributed by atoms with E-state index in [2.05, 4.69) is 4.98 Å². The van der Waals surface area contributed by atoms with Crippen molar-refractivity contribution in [2.75, 3.05) is 5.73 Å². The molecule has 0 unspecified atom stereocenters. The lowest BCUT2D eigenvalue weighted by Gasteiger charge is -2.06. The molecule has 3 nitrogen and oxygen atoms in total. The average molecular weight is 317 g/mol. The number of thioether (sulfide) groups is 1. The zero-order valence-corrected chi connectivity index (χ0v) is 12.7. The number of fused-ring (bicyclic) bond motifs is 1. The van der Waals surface area contributed by atoms with E-state index in [-0.39, 0.29) is 5.56 Å². The summed E-state index contributed by atoms with van der Waals surface area (Å²) < 4.78 is 0. The highest BCUT2D eigenvalue weighted by atomic mass is 35.5. The van der Waals surface area contributed by atoms with Crippen molar-refractivity contribution in [3.05, 3.63) is 69.5 Å². The summed E-state index contributed by atoms with van der Waals surface area (Å²) in [5.41, 5.74) is 8.05. The molecule has 1 heterocycles. The monoisotopic (exact) mass is 316 g/mol. The van der Waals surface area contributed by atoms with Crippen LogP contribution in [0.5, 0.6) is 0 Å². The maximum absolute atomic E-state index is 12.1. The van der Waals surface area contributed by atoms with Crippen molar-refractivity contribution in [1.29, 1.82) is 0 Å². The summed E-state index contributed by atoms with van der Waals surface area (Å²) in [6, 6.07) is 14.9. The first-order valence-corrected chi connectivity index (χ1v) is 7.78. The van der Waals surface area contributed by atoms with E-state index in [9.17, 15) is 4.79 Å².